The largest absolute Gasteiger partial charge is 0.216 e. The highest BCUT2D eigenvalue weighted by atomic mass is 35.5. The summed E-state index contributed by atoms with van der Waals surface area (Å²) in [5.74, 6) is 0. The lowest BCUT2D eigenvalue weighted by molar-refractivity contribution is 0.426. The Kier molecular flexibility index (Phi) is 4.87. The molecule has 0 spiro atoms. The summed E-state index contributed by atoms with van der Waals surface area (Å²) in [5.41, 5.74) is 0. The first-order valence-electron chi connectivity index (χ1n) is 5.54. The number of hydrogen-bond acceptors (Lipinski definition) is 2. The Hall–Kier alpha value is 0.200. The third-order valence-corrected chi connectivity index (χ3v) is 5.39. The third-order valence-electron chi connectivity index (χ3n) is 2.92. The monoisotopic (exact) mass is 253 g/mol. The van der Waals surface area contributed by atoms with Crippen LogP contribution in [0.1, 0.15) is 39.0 Å². The average molecular weight is 254 g/mol. The number of sulfonamides is 1. The molecule has 0 aliphatic heterocycles. The van der Waals surface area contributed by atoms with E-state index in [2.05, 4.69) is 0 Å². The Morgan fingerprint density at radius 3 is 2.33 bits per heavy atom. The second kappa shape index (κ2) is 5.51. The Morgan fingerprint density at radius 2 is 1.87 bits per heavy atom. The predicted molar refractivity (Wildman–Crippen MR) is 63.7 cm³/mol. The molecule has 1 unspecified atom stereocenters. The molecule has 15 heavy (non-hydrogen) atoms. The van der Waals surface area contributed by atoms with E-state index in [1.165, 1.54) is 10.7 Å². The molecule has 1 aliphatic rings. The van der Waals surface area contributed by atoms with Crippen molar-refractivity contribution in [1.29, 1.82) is 0 Å². The predicted octanol–water partition coefficient (Wildman–Crippen LogP) is 2.21. The zero-order valence-electron chi connectivity index (χ0n) is 9.45. The van der Waals surface area contributed by atoms with Crippen LogP contribution in [0.3, 0.4) is 0 Å². The Bertz CT molecular complexity index is 284. The Morgan fingerprint density at radius 1 is 1.33 bits per heavy atom. The lowest BCUT2D eigenvalue weighted by Crippen LogP contribution is -2.39. The van der Waals surface area contributed by atoms with E-state index in [4.69, 9.17) is 11.6 Å². The summed E-state index contributed by atoms with van der Waals surface area (Å²) in [5, 5.41) is -0.306. The van der Waals surface area contributed by atoms with E-state index >= 15 is 0 Å². The van der Waals surface area contributed by atoms with Gasteiger partial charge in [0.1, 0.15) is 0 Å². The fraction of sp³-hybridized carbons (Fsp3) is 1.00. The highest BCUT2D eigenvalue weighted by molar-refractivity contribution is 7.89. The maximum atomic E-state index is 12.1. The van der Waals surface area contributed by atoms with Crippen molar-refractivity contribution < 1.29 is 8.42 Å². The fourth-order valence-electron chi connectivity index (χ4n) is 2.08. The van der Waals surface area contributed by atoms with Gasteiger partial charge in [-0.25, -0.2) is 12.7 Å². The molecule has 3 nitrogen and oxygen atoms in total. The summed E-state index contributed by atoms with van der Waals surface area (Å²) < 4.78 is 25.6. The van der Waals surface area contributed by atoms with Crippen LogP contribution in [0.15, 0.2) is 0 Å². The van der Waals surface area contributed by atoms with Crippen molar-refractivity contribution in [2.45, 2.75) is 49.7 Å². The van der Waals surface area contributed by atoms with Crippen LogP contribution in [0, 0.1) is 0 Å². The van der Waals surface area contributed by atoms with E-state index in [1.807, 2.05) is 6.92 Å². The molecule has 0 aromatic carbocycles. The zero-order valence-corrected chi connectivity index (χ0v) is 11.0. The second-order valence-electron chi connectivity index (χ2n) is 4.37. The van der Waals surface area contributed by atoms with Gasteiger partial charge in [0.25, 0.3) is 0 Å². The molecule has 1 atom stereocenters. The molecular weight excluding hydrogens is 234 g/mol. The third kappa shape index (κ3) is 3.61. The minimum Gasteiger partial charge on any atom is -0.212 e. The summed E-state index contributed by atoms with van der Waals surface area (Å²) in [6.07, 6.45) is 4.86. The van der Waals surface area contributed by atoms with Gasteiger partial charge in [0, 0.05) is 19.0 Å². The molecule has 0 aromatic heterocycles. The summed E-state index contributed by atoms with van der Waals surface area (Å²) in [4.78, 5) is 0. The molecule has 0 bridgehead atoms. The molecule has 0 saturated heterocycles. The van der Waals surface area contributed by atoms with Crippen LogP contribution < -0.4 is 0 Å². The highest BCUT2D eigenvalue weighted by Gasteiger charge is 2.31. The van der Waals surface area contributed by atoms with Crippen molar-refractivity contribution in [3.63, 3.8) is 0 Å². The van der Waals surface area contributed by atoms with E-state index in [-0.39, 0.29) is 10.6 Å². The SMILES string of the molecule is CC(Cl)CN(C)S(=O)(=O)C1CCCCC1. The van der Waals surface area contributed by atoms with Gasteiger partial charge >= 0.3 is 0 Å². The van der Waals surface area contributed by atoms with E-state index in [1.54, 1.807) is 7.05 Å². The van der Waals surface area contributed by atoms with Gasteiger partial charge in [-0.2, -0.15) is 0 Å². The van der Waals surface area contributed by atoms with Crippen molar-refractivity contribution in [3.05, 3.63) is 0 Å². The van der Waals surface area contributed by atoms with E-state index < -0.39 is 10.0 Å². The van der Waals surface area contributed by atoms with Crippen LogP contribution in [0.4, 0.5) is 0 Å². The number of nitrogens with zero attached hydrogens (tertiary/aromatic N) is 1. The van der Waals surface area contributed by atoms with Crippen molar-refractivity contribution in [2.75, 3.05) is 13.6 Å². The fourth-order valence-corrected chi connectivity index (χ4v) is 4.23. The van der Waals surface area contributed by atoms with Crippen LogP contribution in [0.5, 0.6) is 0 Å². The van der Waals surface area contributed by atoms with E-state index in [0.29, 0.717) is 6.54 Å². The first-order valence-corrected chi connectivity index (χ1v) is 7.48. The van der Waals surface area contributed by atoms with Gasteiger partial charge in [0.15, 0.2) is 0 Å². The molecule has 0 aromatic rings. The van der Waals surface area contributed by atoms with Gasteiger partial charge in [-0.05, 0) is 19.8 Å². The molecule has 5 heteroatoms. The maximum Gasteiger partial charge on any atom is 0.216 e. The lowest BCUT2D eigenvalue weighted by atomic mass is 10.0. The standard InChI is InChI=1S/C10H20ClNO2S/c1-9(11)8-12(2)15(13,14)10-6-4-3-5-7-10/h9-10H,3-8H2,1-2H3. The summed E-state index contributed by atoms with van der Waals surface area (Å²) in [6.45, 7) is 2.22. The van der Waals surface area contributed by atoms with Crippen LogP contribution in [-0.2, 0) is 10.0 Å². The number of hydrogen-bond donors (Lipinski definition) is 0. The second-order valence-corrected chi connectivity index (χ2v) is 7.43. The van der Waals surface area contributed by atoms with Gasteiger partial charge in [-0.3, -0.25) is 0 Å². The minimum absolute atomic E-state index is 0.131. The van der Waals surface area contributed by atoms with Gasteiger partial charge in [-0.15, -0.1) is 11.6 Å². The molecule has 1 rings (SSSR count). The zero-order chi connectivity index (χ0) is 11.5. The lowest BCUT2D eigenvalue weighted by Gasteiger charge is -2.27. The molecule has 0 amide bonds. The van der Waals surface area contributed by atoms with Crippen molar-refractivity contribution >= 4 is 21.6 Å². The average Bonchev–Trinajstić information content (AvgIpc) is 2.18. The van der Waals surface area contributed by atoms with Crippen LogP contribution in [-0.4, -0.2) is 36.9 Å². The first kappa shape index (κ1) is 13.3. The van der Waals surface area contributed by atoms with Gasteiger partial charge in [0.05, 0.1) is 5.25 Å². The summed E-state index contributed by atoms with van der Waals surface area (Å²) in [6, 6.07) is 0. The van der Waals surface area contributed by atoms with Crippen molar-refractivity contribution in [2.24, 2.45) is 0 Å². The summed E-state index contributed by atoms with van der Waals surface area (Å²) >= 11 is 5.81. The van der Waals surface area contributed by atoms with Crippen molar-refractivity contribution in [3.8, 4) is 0 Å². The van der Waals surface area contributed by atoms with Crippen LogP contribution in [0.25, 0.3) is 0 Å². The summed E-state index contributed by atoms with van der Waals surface area (Å²) in [7, 11) is -1.48. The molecule has 0 N–H and O–H groups in total. The molecule has 1 fully saturated rings. The first-order chi connectivity index (χ1) is 6.94. The van der Waals surface area contributed by atoms with E-state index in [0.717, 1.165) is 25.7 Å². The smallest absolute Gasteiger partial charge is 0.212 e. The number of alkyl halides is 1. The molecule has 0 heterocycles. The molecule has 1 aliphatic carbocycles. The molecule has 90 valence electrons. The van der Waals surface area contributed by atoms with Crippen molar-refractivity contribution in [1.82, 2.24) is 4.31 Å². The van der Waals surface area contributed by atoms with Gasteiger partial charge in [-0.1, -0.05) is 19.3 Å². The van der Waals surface area contributed by atoms with Gasteiger partial charge < -0.3 is 0 Å². The normalized spacial score (nSPS) is 21.9. The quantitative estimate of drug-likeness (QED) is 0.721. The van der Waals surface area contributed by atoms with Crippen LogP contribution >= 0.6 is 11.6 Å². The molecular formula is C10H20ClNO2S. The van der Waals surface area contributed by atoms with E-state index in [9.17, 15) is 8.42 Å². The Balaban J connectivity index is 2.63. The molecule has 1 saturated carbocycles. The Labute approximate surface area is 97.8 Å². The molecule has 0 radical (unpaired) electrons. The van der Waals surface area contributed by atoms with Gasteiger partial charge in [0.2, 0.25) is 10.0 Å². The number of halogens is 1. The van der Waals surface area contributed by atoms with Crippen LogP contribution in [0.2, 0.25) is 0 Å². The topological polar surface area (TPSA) is 37.4 Å². The number of rotatable bonds is 4. The highest BCUT2D eigenvalue weighted by Crippen LogP contribution is 2.25. The maximum absolute atomic E-state index is 12.1. The minimum atomic E-state index is -3.11.